The van der Waals surface area contributed by atoms with Crippen LogP contribution < -0.4 is 16.4 Å². The van der Waals surface area contributed by atoms with E-state index >= 15 is 0 Å². The van der Waals surface area contributed by atoms with Crippen LogP contribution in [0.15, 0.2) is 67.3 Å². The van der Waals surface area contributed by atoms with Crippen LogP contribution in [0.3, 0.4) is 0 Å². The van der Waals surface area contributed by atoms with Crippen LogP contribution in [0.2, 0.25) is 0 Å². The van der Waals surface area contributed by atoms with E-state index in [2.05, 4.69) is 25.8 Å². The number of anilines is 3. The Morgan fingerprint density at radius 1 is 0.946 bits per heavy atom. The van der Waals surface area contributed by atoms with E-state index in [-0.39, 0.29) is 0 Å². The highest BCUT2D eigenvalue weighted by molar-refractivity contribution is 6.00. The number of aromatic nitrogens is 5. The molecule has 0 aliphatic heterocycles. The first-order chi connectivity index (χ1) is 17.6. The largest absolute Gasteiger partial charge is 0.416 e. The first kappa shape index (κ1) is 23.8. The molecular formula is C24H18F4N8O. The molecule has 13 heteroatoms. The molecule has 4 N–H and O–H groups in total. The van der Waals surface area contributed by atoms with Gasteiger partial charge in [0.05, 0.1) is 23.6 Å². The van der Waals surface area contributed by atoms with E-state index in [1.165, 1.54) is 4.52 Å². The van der Waals surface area contributed by atoms with Gasteiger partial charge in [-0.05, 0) is 35.9 Å². The highest BCUT2D eigenvalue weighted by Gasteiger charge is 2.31. The average Bonchev–Trinajstić information content (AvgIpc) is 3.47. The lowest BCUT2D eigenvalue weighted by Crippen LogP contribution is -2.20. The molecule has 0 aliphatic carbocycles. The predicted octanol–water partition coefficient (Wildman–Crippen LogP) is 5.18. The highest BCUT2D eigenvalue weighted by Crippen LogP contribution is 2.32. The van der Waals surface area contributed by atoms with Crippen molar-refractivity contribution in [3.63, 3.8) is 0 Å². The summed E-state index contributed by atoms with van der Waals surface area (Å²) in [6, 6.07) is 7.32. The fourth-order valence-electron chi connectivity index (χ4n) is 3.75. The van der Waals surface area contributed by atoms with Gasteiger partial charge in [0.2, 0.25) is 0 Å². The third-order valence-corrected chi connectivity index (χ3v) is 5.58. The van der Waals surface area contributed by atoms with E-state index in [1.54, 1.807) is 54.6 Å². The Balaban J connectivity index is 1.33. The number of carbonyl (C=O) groups excluding carboxylic acids is 1. The van der Waals surface area contributed by atoms with Crippen LogP contribution in [0.1, 0.15) is 5.56 Å². The molecule has 188 valence electrons. The maximum Gasteiger partial charge on any atom is 0.416 e. The summed E-state index contributed by atoms with van der Waals surface area (Å²) in [5.74, 6) is -0.652. The zero-order valence-corrected chi connectivity index (χ0v) is 19.1. The Bertz CT molecular complexity index is 1620. The van der Waals surface area contributed by atoms with Crippen LogP contribution in [0, 0.1) is 5.82 Å². The van der Waals surface area contributed by atoms with Crippen LogP contribution in [0.4, 0.5) is 39.5 Å². The molecule has 37 heavy (non-hydrogen) atoms. The summed E-state index contributed by atoms with van der Waals surface area (Å²) in [7, 11) is 1.81. The number of nitrogens with two attached hydrogens (primary N) is 1. The molecule has 0 atom stereocenters. The molecule has 0 bridgehead atoms. The zero-order chi connectivity index (χ0) is 26.3. The molecule has 3 heterocycles. The topological polar surface area (TPSA) is 115 Å². The standard InChI is InChI=1S/C24H18F4N8O/c1-35-12-14(9-31-35)18-11-32-36-21(29)17(10-30-22(18)36)13-2-5-16(6-3-13)33-23(37)34-20-8-15(24(26,27)28)4-7-19(20)25/h2-12H,29H2,1H3,(H2,33,34,37). The molecule has 2 amide bonds. The average molecular weight is 510 g/mol. The highest BCUT2D eigenvalue weighted by atomic mass is 19.4. The van der Waals surface area contributed by atoms with Crippen molar-refractivity contribution in [2.75, 3.05) is 16.4 Å². The molecular weight excluding hydrogens is 492 g/mol. The second-order valence-electron chi connectivity index (χ2n) is 8.10. The maximum absolute atomic E-state index is 13.9. The minimum Gasteiger partial charge on any atom is -0.383 e. The first-order valence-corrected chi connectivity index (χ1v) is 10.8. The fourth-order valence-corrected chi connectivity index (χ4v) is 3.75. The van der Waals surface area contributed by atoms with Crippen molar-refractivity contribution in [1.29, 1.82) is 0 Å². The minimum absolute atomic E-state index is 0.319. The monoisotopic (exact) mass is 510 g/mol. The first-order valence-electron chi connectivity index (χ1n) is 10.8. The van der Waals surface area contributed by atoms with E-state index in [1.807, 2.05) is 6.20 Å². The number of aryl methyl sites for hydroxylation is 1. The molecule has 0 fully saturated rings. The summed E-state index contributed by atoms with van der Waals surface area (Å²) in [6.45, 7) is 0. The fraction of sp³-hybridized carbons (Fsp3) is 0.0833. The van der Waals surface area contributed by atoms with Crippen molar-refractivity contribution in [3.8, 4) is 22.3 Å². The van der Waals surface area contributed by atoms with Gasteiger partial charge in [0.1, 0.15) is 11.6 Å². The summed E-state index contributed by atoms with van der Waals surface area (Å²) in [6.07, 6.45) is 2.13. The number of urea groups is 1. The van der Waals surface area contributed by atoms with Crippen molar-refractivity contribution >= 4 is 28.9 Å². The molecule has 0 saturated heterocycles. The van der Waals surface area contributed by atoms with Gasteiger partial charge >= 0.3 is 12.2 Å². The van der Waals surface area contributed by atoms with Gasteiger partial charge in [-0.25, -0.2) is 14.2 Å². The predicted molar refractivity (Wildman–Crippen MR) is 129 cm³/mol. The number of benzene rings is 2. The van der Waals surface area contributed by atoms with Crippen LogP contribution >= 0.6 is 0 Å². The normalized spacial score (nSPS) is 11.6. The van der Waals surface area contributed by atoms with Crippen molar-refractivity contribution in [3.05, 3.63) is 78.6 Å². The summed E-state index contributed by atoms with van der Waals surface area (Å²) in [4.78, 5) is 16.8. The number of amides is 2. The third kappa shape index (κ3) is 4.66. The van der Waals surface area contributed by atoms with Crippen molar-refractivity contribution in [1.82, 2.24) is 24.4 Å². The van der Waals surface area contributed by atoms with E-state index in [9.17, 15) is 22.4 Å². The number of rotatable bonds is 4. The summed E-state index contributed by atoms with van der Waals surface area (Å²) < 4.78 is 55.7. The molecule has 0 saturated carbocycles. The molecule has 0 radical (unpaired) electrons. The van der Waals surface area contributed by atoms with Gasteiger partial charge < -0.3 is 16.4 Å². The Labute approximate surface area is 206 Å². The molecule has 5 aromatic rings. The van der Waals surface area contributed by atoms with Gasteiger partial charge in [-0.3, -0.25) is 4.68 Å². The SMILES string of the molecule is Cn1cc(-c2cnn3c(N)c(-c4ccc(NC(=O)Nc5cc(C(F)(F)F)ccc5F)cc4)cnc23)cn1. The van der Waals surface area contributed by atoms with E-state index in [0.29, 0.717) is 46.5 Å². The number of hydrogen-bond donors (Lipinski definition) is 3. The number of carbonyl (C=O) groups is 1. The lowest BCUT2D eigenvalue weighted by molar-refractivity contribution is -0.137. The maximum atomic E-state index is 13.9. The third-order valence-electron chi connectivity index (χ3n) is 5.58. The van der Waals surface area contributed by atoms with Gasteiger partial charge in [0.15, 0.2) is 5.65 Å². The molecule has 3 aromatic heterocycles. The Morgan fingerprint density at radius 2 is 1.70 bits per heavy atom. The number of nitrogens with zero attached hydrogens (tertiary/aromatic N) is 5. The van der Waals surface area contributed by atoms with Gasteiger partial charge in [0.25, 0.3) is 0 Å². The summed E-state index contributed by atoms with van der Waals surface area (Å²) >= 11 is 0. The number of nitrogen functional groups attached to an aromatic ring is 1. The van der Waals surface area contributed by atoms with Gasteiger partial charge in [-0.15, -0.1) is 0 Å². The molecule has 0 spiro atoms. The number of nitrogens with one attached hydrogen (secondary N) is 2. The zero-order valence-electron chi connectivity index (χ0n) is 19.1. The summed E-state index contributed by atoms with van der Waals surface area (Å²) in [5.41, 5.74) is 8.44. The van der Waals surface area contributed by atoms with Crippen molar-refractivity contribution in [2.45, 2.75) is 6.18 Å². The van der Waals surface area contributed by atoms with E-state index in [4.69, 9.17) is 5.73 Å². The van der Waals surface area contributed by atoms with Crippen molar-refractivity contribution in [2.24, 2.45) is 7.05 Å². The molecule has 2 aromatic carbocycles. The van der Waals surface area contributed by atoms with Crippen LogP contribution in [0.5, 0.6) is 0 Å². The lowest BCUT2D eigenvalue weighted by atomic mass is 10.1. The molecule has 0 unspecified atom stereocenters. The minimum atomic E-state index is -4.67. The number of halogens is 4. The molecule has 0 aliphatic rings. The van der Waals surface area contributed by atoms with Crippen LogP contribution in [0.25, 0.3) is 27.9 Å². The second-order valence-corrected chi connectivity index (χ2v) is 8.10. The quantitative estimate of drug-likeness (QED) is 0.288. The molecule has 9 nitrogen and oxygen atoms in total. The number of fused-ring (bicyclic) bond motifs is 1. The van der Waals surface area contributed by atoms with Crippen LogP contribution in [-0.2, 0) is 13.2 Å². The number of hydrogen-bond acceptors (Lipinski definition) is 5. The van der Waals surface area contributed by atoms with Crippen LogP contribution in [-0.4, -0.2) is 30.4 Å². The Hall–Kier alpha value is -4.94. The number of alkyl halides is 3. The summed E-state index contributed by atoms with van der Waals surface area (Å²) in [5, 5.41) is 13.0. The smallest absolute Gasteiger partial charge is 0.383 e. The Morgan fingerprint density at radius 3 is 2.38 bits per heavy atom. The van der Waals surface area contributed by atoms with E-state index < -0.39 is 29.3 Å². The van der Waals surface area contributed by atoms with Crippen molar-refractivity contribution < 1.29 is 22.4 Å². The van der Waals surface area contributed by atoms with E-state index in [0.717, 1.165) is 11.1 Å². The molecule has 5 rings (SSSR count). The lowest BCUT2D eigenvalue weighted by Gasteiger charge is -2.12. The van der Waals surface area contributed by atoms with Gasteiger partial charge in [0, 0.05) is 41.8 Å². The second kappa shape index (κ2) is 8.93. The van der Waals surface area contributed by atoms with Gasteiger partial charge in [-0.1, -0.05) is 12.1 Å². The van der Waals surface area contributed by atoms with Gasteiger partial charge in [-0.2, -0.15) is 27.9 Å². The Kier molecular flexibility index (Phi) is 5.74.